The van der Waals surface area contributed by atoms with E-state index in [0.717, 1.165) is 17.7 Å². The number of nitrogens with one attached hydrogen (secondary N) is 1. The van der Waals surface area contributed by atoms with Gasteiger partial charge in [-0.15, -0.1) is 0 Å². The summed E-state index contributed by atoms with van der Waals surface area (Å²) in [4.78, 5) is 14.0. The number of carbonyl (C=O) groups is 1. The van der Waals surface area contributed by atoms with Crippen molar-refractivity contribution >= 4 is 5.97 Å². The van der Waals surface area contributed by atoms with Crippen molar-refractivity contribution in [1.82, 2.24) is 10.2 Å². The maximum atomic E-state index is 11.9. The van der Waals surface area contributed by atoms with Crippen molar-refractivity contribution < 1.29 is 14.3 Å². The van der Waals surface area contributed by atoms with Gasteiger partial charge in [0.15, 0.2) is 0 Å². The zero-order valence-corrected chi connectivity index (χ0v) is 12.7. The number of benzene rings is 1. The van der Waals surface area contributed by atoms with E-state index in [4.69, 9.17) is 9.47 Å². The van der Waals surface area contributed by atoms with Crippen LogP contribution in [0.5, 0.6) is 0 Å². The highest BCUT2D eigenvalue weighted by Gasteiger charge is 2.20. The van der Waals surface area contributed by atoms with Crippen LogP contribution in [-0.2, 0) is 20.9 Å². The van der Waals surface area contributed by atoms with Gasteiger partial charge in [-0.05, 0) is 25.2 Å². The molecule has 0 aliphatic rings. The number of hydrogen-bond acceptors (Lipinski definition) is 5. The molecule has 0 aliphatic carbocycles. The molecule has 1 aromatic rings. The van der Waals surface area contributed by atoms with E-state index in [2.05, 4.69) is 10.2 Å². The lowest BCUT2D eigenvalue weighted by molar-refractivity contribution is -0.143. The molecular weight excluding hydrogens is 256 g/mol. The van der Waals surface area contributed by atoms with Crippen LogP contribution in [0.15, 0.2) is 24.3 Å². The van der Waals surface area contributed by atoms with E-state index >= 15 is 0 Å². The molecule has 5 nitrogen and oxygen atoms in total. The molecule has 0 saturated heterocycles. The number of nitrogens with zero attached hydrogens (tertiary/aromatic N) is 1. The van der Waals surface area contributed by atoms with Gasteiger partial charge in [-0.2, -0.15) is 0 Å². The van der Waals surface area contributed by atoms with Crippen molar-refractivity contribution in [2.75, 3.05) is 41.4 Å². The van der Waals surface area contributed by atoms with Gasteiger partial charge in [0.05, 0.1) is 13.7 Å². The van der Waals surface area contributed by atoms with Crippen LogP contribution in [-0.4, -0.2) is 52.3 Å². The van der Waals surface area contributed by atoms with Crippen LogP contribution in [0.2, 0.25) is 0 Å². The Labute approximate surface area is 120 Å². The van der Waals surface area contributed by atoms with Crippen LogP contribution >= 0.6 is 0 Å². The average molecular weight is 280 g/mol. The molecule has 0 radical (unpaired) electrons. The molecule has 0 aromatic heterocycles. The summed E-state index contributed by atoms with van der Waals surface area (Å²) in [6.45, 7) is 2.09. The topological polar surface area (TPSA) is 50.8 Å². The molecule has 0 aliphatic heterocycles. The molecule has 1 unspecified atom stereocenters. The summed E-state index contributed by atoms with van der Waals surface area (Å²) in [6, 6.07) is 7.34. The Morgan fingerprint density at radius 3 is 2.70 bits per heavy atom. The summed E-state index contributed by atoms with van der Waals surface area (Å²) in [7, 11) is 7.05. The number of rotatable bonds is 8. The number of likely N-dealkylation sites (N-methyl/N-ethyl adjacent to an activating group) is 1. The number of esters is 1. The SMILES string of the molecule is COCc1cccc(C(NCCN(C)C)C(=O)OC)c1. The van der Waals surface area contributed by atoms with E-state index in [1.807, 2.05) is 38.4 Å². The Morgan fingerprint density at radius 2 is 2.10 bits per heavy atom. The first-order chi connectivity index (χ1) is 9.58. The molecule has 1 N–H and O–H groups in total. The third-order valence-corrected chi connectivity index (χ3v) is 2.94. The van der Waals surface area contributed by atoms with Crippen LogP contribution in [0.25, 0.3) is 0 Å². The zero-order valence-electron chi connectivity index (χ0n) is 12.7. The largest absolute Gasteiger partial charge is 0.468 e. The molecule has 0 saturated carbocycles. The molecular formula is C15H24N2O3. The monoisotopic (exact) mass is 280 g/mol. The first kappa shape index (κ1) is 16.6. The van der Waals surface area contributed by atoms with E-state index in [1.54, 1.807) is 7.11 Å². The summed E-state index contributed by atoms with van der Waals surface area (Å²) in [5.41, 5.74) is 1.93. The molecule has 0 amide bonds. The van der Waals surface area contributed by atoms with Gasteiger partial charge in [0, 0.05) is 20.2 Å². The van der Waals surface area contributed by atoms with Crippen molar-refractivity contribution in [2.45, 2.75) is 12.6 Å². The minimum Gasteiger partial charge on any atom is -0.468 e. The first-order valence-electron chi connectivity index (χ1n) is 6.62. The van der Waals surface area contributed by atoms with Crippen LogP contribution in [0.4, 0.5) is 0 Å². The Balaban J connectivity index is 2.81. The standard InChI is InChI=1S/C15H24N2O3/c1-17(2)9-8-16-14(15(18)20-4)13-7-5-6-12(10-13)11-19-3/h5-7,10,14,16H,8-9,11H2,1-4H3. The highest BCUT2D eigenvalue weighted by Crippen LogP contribution is 2.16. The molecule has 0 bridgehead atoms. The van der Waals surface area contributed by atoms with Gasteiger partial charge in [0.25, 0.3) is 0 Å². The minimum absolute atomic E-state index is 0.279. The lowest BCUT2D eigenvalue weighted by atomic mass is 10.0. The maximum absolute atomic E-state index is 11.9. The molecule has 20 heavy (non-hydrogen) atoms. The fourth-order valence-electron chi connectivity index (χ4n) is 1.92. The van der Waals surface area contributed by atoms with E-state index in [9.17, 15) is 4.79 Å². The lowest BCUT2D eigenvalue weighted by Crippen LogP contribution is -2.34. The van der Waals surface area contributed by atoms with Gasteiger partial charge >= 0.3 is 5.97 Å². The summed E-state index contributed by atoms with van der Waals surface area (Å²) in [5, 5.41) is 3.23. The van der Waals surface area contributed by atoms with Crippen molar-refractivity contribution in [2.24, 2.45) is 0 Å². The summed E-state index contributed by atoms with van der Waals surface area (Å²) in [5.74, 6) is -0.279. The molecule has 0 fully saturated rings. The lowest BCUT2D eigenvalue weighted by Gasteiger charge is -2.19. The second-order valence-electron chi connectivity index (χ2n) is 4.89. The number of methoxy groups -OCH3 is 2. The zero-order chi connectivity index (χ0) is 15.0. The Hall–Kier alpha value is -1.43. The summed E-state index contributed by atoms with van der Waals surface area (Å²) < 4.78 is 10.00. The summed E-state index contributed by atoms with van der Waals surface area (Å²) in [6.07, 6.45) is 0. The van der Waals surface area contributed by atoms with E-state index in [0.29, 0.717) is 13.2 Å². The highest BCUT2D eigenvalue weighted by atomic mass is 16.5. The van der Waals surface area contributed by atoms with Crippen molar-refractivity contribution in [3.63, 3.8) is 0 Å². The Bertz CT molecular complexity index is 421. The molecule has 1 rings (SSSR count). The number of hydrogen-bond donors (Lipinski definition) is 1. The van der Waals surface area contributed by atoms with Gasteiger partial charge in [-0.25, -0.2) is 4.79 Å². The maximum Gasteiger partial charge on any atom is 0.327 e. The van der Waals surface area contributed by atoms with E-state index in [1.165, 1.54) is 7.11 Å². The van der Waals surface area contributed by atoms with Crippen LogP contribution in [0.3, 0.4) is 0 Å². The Kier molecular flexibility index (Phi) is 7.22. The smallest absolute Gasteiger partial charge is 0.327 e. The van der Waals surface area contributed by atoms with Gasteiger partial charge in [0.2, 0.25) is 0 Å². The van der Waals surface area contributed by atoms with Gasteiger partial charge in [-0.3, -0.25) is 5.32 Å². The second kappa shape index (κ2) is 8.68. The molecule has 5 heteroatoms. The number of ether oxygens (including phenoxy) is 2. The van der Waals surface area contributed by atoms with Gasteiger partial charge < -0.3 is 14.4 Å². The fourth-order valence-corrected chi connectivity index (χ4v) is 1.92. The van der Waals surface area contributed by atoms with Crippen molar-refractivity contribution in [3.8, 4) is 0 Å². The Morgan fingerprint density at radius 1 is 1.35 bits per heavy atom. The van der Waals surface area contributed by atoms with Gasteiger partial charge in [0.1, 0.15) is 6.04 Å². The molecule has 1 atom stereocenters. The van der Waals surface area contributed by atoms with Crippen molar-refractivity contribution in [1.29, 1.82) is 0 Å². The molecule has 112 valence electrons. The quantitative estimate of drug-likeness (QED) is 0.725. The van der Waals surface area contributed by atoms with E-state index in [-0.39, 0.29) is 5.97 Å². The normalized spacial score (nSPS) is 12.4. The molecule has 0 spiro atoms. The average Bonchev–Trinajstić information content (AvgIpc) is 2.43. The second-order valence-corrected chi connectivity index (χ2v) is 4.89. The highest BCUT2D eigenvalue weighted by molar-refractivity contribution is 5.77. The first-order valence-corrected chi connectivity index (χ1v) is 6.62. The van der Waals surface area contributed by atoms with Gasteiger partial charge in [-0.1, -0.05) is 24.3 Å². The third kappa shape index (κ3) is 5.28. The summed E-state index contributed by atoms with van der Waals surface area (Å²) >= 11 is 0. The minimum atomic E-state index is -0.447. The van der Waals surface area contributed by atoms with Crippen LogP contribution in [0, 0.1) is 0 Å². The predicted octanol–water partition coefficient (Wildman–Crippen LogP) is 1.20. The molecule has 1 aromatic carbocycles. The van der Waals surface area contributed by atoms with Crippen LogP contribution in [0.1, 0.15) is 17.2 Å². The third-order valence-electron chi connectivity index (χ3n) is 2.94. The van der Waals surface area contributed by atoms with E-state index < -0.39 is 6.04 Å². The number of carbonyl (C=O) groups excluding carboxylic acids is 1. The van der Waals surface area contributed by atoms with Crippen molar-refractivity contribution in [3.05, 3.63) is 35.4 Å². The predicted molar refractivity (Wildman–Crippen MR) is 78.5 cm³/mol. The fraction of sp³-hybridized carbons (Fsp3) is 0.533. The molecule has 0 heterocycles. The van der Waals surface area contributed by atoms with Crippen LogP contribution < -0.4 is 5.32 Å².